The summed E-state index contributed by atoms with van der Waals surface area (Å²) in [5, 5.41) is 9.93. The van der Waals surface area contributed by atoms with Gasteiger partial charge in [-0.25, -0.2) is 4.99 Å². The molecule has 1 aliphatic heterocycles. The Hall–Kier alpha value is -1.97. The fourth-order valence-corrected chi connectivity index (χ4v) is 2.76. The Balaban J connectivity index is 2.65. The van der Waals surface area contributed by atoms with Gasteiger partial charge in [0.1, 0.15) is 16.8 Å². The van der Waals surface area contributed by atoms with Crippen LogP contribution < -0.4 is 11.5 Å². The summed E-state index contributed by atoms with van der Waals surface area (Å²) in [7, 11) is 0. The monoisotopic (exact) mass is 306 g/mol. The second-order valence-corrected chi connectivity index (χ2v) is 5.14. The van der Waals surface area contributed by atoms with E-state index in [-0.39, 0.29) is 16.4 Å². The normalized spacial score (nSPS) is 22.1. The van der Waals surface area contributed by atoms with Crippen LogP contribution in [-0.4, -0.2) is 11.7 Å². The molecular formula is C13H11ClN4OS. The first-order valence-corrected chi connectivity index (χ1v) is 6.50. The third-order valence-electron chi connectivity index (χ3n) is 3.05. The van der Waals surface area contributed by atoms with Gasteiger partial charge in [-0.05, 0) is 17.7 Å². The van der Waals surface area contributed by atoms with Crippen molar-refractivity contribution in [3.05, 3.63) is 45.5 Å². The summed E-state index contributed by atoms with van der Waals surface area (Å²) in [6.45, 7) is 0. The summed E-state index contributed by atoms with van der Waals surface area (Å²) in [6.07, 6.45) is 0. The van der Waals surface area contributed by atoms with Gasteiger partial charge in [-0.15, -0.1) is 12.6 Å². The van der Waals surface area contributed by atoms with Gasteiger partial charge in [0.2, 0.25) is 5.91 Å². The number of carbonyl (C=O) groups is 1. The maximum Gasteiger partial charge on any atom is 0.248 e. The third kappa shape index (κ3) is 2.50. The van der Waals surface area contributed by atoms with Gasteiger partial charge in [0.25, 0.3) is 0 Å². The fourth-order valence-electron chi connectivity index (χ4n) is 2.19. The number of amidine groups is 1. The Morgan fingerprint density at radius 2 is 2.20 bits per heavy atom. The molecule has 20 heavy (non-hydrogen) atoms. The van der Waals surface area contributed by atoms with E-state index in [1.807, 2.05) is 0 Å². The van der Waals surface area contributed by atoms with Crippen LogP contribution in [0.2, 0.25) is 5.02 Å². The van der Waals surface area contributed by atoms with E-state index in [0.29, 0.717) is 10.6 Å². The molecule has 1 aliphatic rings. The maximum absolute atomic E-state index is 11.7. The Kier molecular flexibility index (Phi) is 4.02. The van der Waals surface area contributed by atoms with Crippen LogP contribution in [0.5, 0.6) is 0 Å². The van der Waals surface area contributed by atoms with Crippen molar-refractivity contribution in [3.8, 4) is 6.07 Å². The minimum atomic E-state index is -0.785. The minimum absolute atomic E-state index is 0.104. The van der Waals surface area contributed by atoms with Crippen LogP contribution in [0.4, 0.5) is 0 Å². The molecule has 0 saturated carbocycles. The highest BCUT2D eigenvalue weighted by atomic mass is 35.5. The first-order chi connectivity index (χ1) is 9.45. The maximum atomic E-state index is 11.7. The van der Waals surface area contributed by atoms with Crippen LogP contribution >= 0.6 is 24.2 Å². The van der Waals surface area contributed by atoms with Gasteiger partial charge in [-0.2, -0.15) is 5.26 Å². The summed E-state index contributed by atoms with van der Waals surface area (Å²) in [4.78, 5) is 15.6. The van der Waals surface area contributed by atoms with E-state index < -0.39 is 17.7 Å². The number of hydrogen-bond acceptors (Lipinski definition) is 5. The number of thiol groups is 1. The molecule has 0 spiro atoms. The molecule has 5 nitrogen and oxygen atoms in total. The van der Waals surface area contributed by atoms with E-state index in [9.17, 15) is 10.1 Å². The average Bonchev–Trinajstić information content (AvgIpc) is 2.37. The Bertz CT molecular complexity index is 677. The summed E-state index contributed by atoms with van der Waals surface area (Å²) in [5.74, 6) is -1.99. The number of hydrogen-bond donors (Lipinski definition) is 3. The molecule has 0 saturated heterocycles. The van der Waals surface area contributed by atoms with Gasteiger partial charge in [0.05, 0.1) is 11.6 Å². The molecule has 0 fully saturated rings. The molecule has 1 amide bonds. The quantitative estimate of drug-likeness (QED) is 0.722. The molecule has 1 aromatic rings. The van der Waals surface area contributed by atoms with Crippen molar-refractivity contribution in [2.45, 2.75) is 5.92 Å². The molecule has 1 heterocycles. The van der Waals surface area contributed by atoms with Crippen LogP contribution in [0, 0.1) is 17.2 Å². The lowest BCUT2D eigenvalue weighted by Gasteiger charge is -2.27. The van der Waals surface area contributed by atoms with Crippen LogP contribution in [0.25, 0.3) is 0 Å². The van der Waals surface area contributed by atoms with Crippen molar-refractivity contribution in [1.29, 1.82) is 5.26 Å². The number of nitrogens with two attached hydrogens (primary N) is 2. The lowest BCUT2D eigenvalue weighted by molar-refractivity contribution is -0.114. The number of nitriles is 1. The van der Waals surface area contributed by atoms with E-state index in [0.717, 1.165) is 0 Å². The Morgan fingerprint density at radius 1 is 1.50 bits per heavy atom. The van der Waals surface area contributed by atoms with Gasteiger partial charge in [0.15, 0.2) is 0 Å². The fraction of sp³-hybridized carbons (Fsp3) is 0.154. The molecule has 0 radical (unpaired) electrons. The smallest absolute Gasteiger partial charge is 0.248 e. The van der Waals surface area contributed by atoms with Crippen LogP contribution in [0.3, 0.4) is 0 Å². The van der Waals surface area contributed by atoms with Crippen LogP contribution in [0.15, 0.2) is 39.9 Å². The first-order valence-electron chi connectivity index (χ1n) is 5.67. The van der Waals surface area contributed by atoms with Crippen molar-refractivity contribution in [1.82, 2.24) is 0 Å². The van der Waals surface area contributed by atoms with Gasteiger partial charge in [0, 0.05) is 10.9 Å². The number of nitrogens with zero attached hydrogens (tertiary/aromatic N) is 2. The molecular weight excluding hydrogens is 296 g/mol. The van der Waals surface area contributed by atoms with Gasteiger partial charge < -0.3 is 11.5 Å². The van der Waals surface area contributed by atoms with Gasteiger partial charge in [-0.3, -0.25) is 4.79 Å². The van der Waals surface area contributed by atoms with E-state index in [1.165, 1.54) is 0 Å². The third-order valence-corrected chi connectivity index (χ3v) is 3.63. The number of carbonyl (C=O) groups excluding carboxylic acids is 1. The SMILES string of the molecule is N#CC1C(N)=NC(S)=C(C(N)=O)[C@H]1c1cccc(Cl)c1. The molecule has 4 N–H and O–H groups in total. The second-order valence-electron chi connectivity index (χ2n) is 4.28. The molecule has 1 aromatic carbocycles. The predicted octanol–water partition coefficient (Wildman–Crippen LogP) is 1.56. The number of primary amides is 1. The summed E-state index contributed by atoms with van der Waals surface area (Å²) >= 11 is 10.1. The summed E-state index contributed by atoms with van der Waals surface area (Å²) in [5.41, 5.74) is 12.0. The van der Waals surface area contributed by atoms with E-state index >= 15 is 0 Å². The number of halogens is 1. The predicted molar refractivity (Wildman–Crippen MR) is 80.1 cm³/mol. The number of amides is 1. The van der Waals surface area contributed by atoms with Gasteiger partial charge >= 0.3 is 0 Å². The molecule has 1 unspecified atom stereocenters. The highest BCUT2D eigenvalue weighted by molar-refractivity contribution is 7.84. The second kappa shape index (κ2) is 5.57. The zero-order valence-corrected chi connectivity index (χ0v) is 11.9. The number of benzene rings is 1. The highest BCUT2D eigenvalue weighted by Gasteiger charge is 2.37. The summed E-state index contributed by atoms with van der Waals surface area (Å²) < 4.78 is 0. The zero-order chi connectivity index (χ0) is 14.9. The molecule has 7 heteroatoms. The molecule has 0 aromatic heterocycles. The lowest BCUT2D eigenvalue weighted by Crippen LogP contribution is -2.36. The topological polar surface area (TPSA) is 105 Å². The standard InChI is InChI=1S/C13H11ClN4OS/c14-7-3-1-2-6(4-7)9-8(5-15)11(16)18-13(20)10(9)12(17)19/h1-4,8-9,20H,(H2,16,18)(H2,17,19)/t8?,9-/m0/s1. The largest absolute Gasteiger partial charge is 0.386 e. The van der Waals surface area contributed by atoms with Gasteiger partial charge in [-0.1, -0.05) is 23.7 Å². The van der Waals surface area contributed by atoms with Crippen molar-refractivity contribution >= 4 is 36.0 Å². The number of aliphatic imine (C=N–C) groups is 1. The first kappa shape index (κ1) is 14.4. The zero-order valence-electron chi connectivity index (χ0n) is 10.2. The van der Waals surface area contributed by atoms with Crippen LogP contribution in [0.1, 0.15) is 11.5 Å². The van der Waals surface area contributed by atoms with E-state index in [2.05, 4.69) is 23.7 Å². The van der Waals surface area contributed by atoms with E-state index in [1.54, 1.807) is 24.3 Å². The van der Waals surface area contributed by atoms with Crippen molar-refractivity contribution in [3.63, 3.8) is 0 Å². The van der Waals surface area contributed by atoms with E-state index in [4.69, 9.17) is 23.1 Å². The highest BCUT2D eigenvalue weighted by Crippen LogP contribution is 2.39. The molecule has 2 atom stereocenters. The van der Waals surface area contributed by atoms with Crippen molar-refractivity contribution < 1.29 is 4.79 Å². The molecule has 0 aliphatic carbocycles. The Morgan fingerprint density at radius 3 is 2.75 bits per heavy atom. The number of rotatable bonds is 2. The van der Waals surface area contributed by atoms with Crippen molar-refractivity contribution in [2.24, 2.45) is 22.4 Å². The molecule has 0 bridgehead atoms. The molecule has 102 valence electrons. The lowest BCUT2D eigenvalue weighted by atomic mass is 9.79. The average molecular weight is 307 g/mol. The summed E-state index contributed by atoms with van der Waals surface area (Å²) in [6, 6.07) is 8.90. The van der Waals surface area contributed by atoms with Crippen LogP contribution in [-0.2, 0) is 4.79 Å². The molecule has 2 rings (SSSR count). The van der Waals surface area contributed by atoms with Crippen molar-refractivity contribution in [2.75, 3.05) is 0 Å². The Labute approximate surface area is 126 Å². The minimum Gasteiger partial charge on any atom is -0.386 e.